The Morgan fingerprint density at radius 3 is 2.48 bits per heavy atom. The van der Waals surface area contributed by atoms with Crippen LogP contribution in [0.15, 0.2) is 64.0 Å². The molecule has 11 heteroatoms. The summed E-state index contributed by atoms with van der Waals surface area (Å²) in [6.45, 7) is 0.742. The maximum absolute atomic E-state index is 14.8. The normalized spacial score (nSPS) is 15.6. The summed E-state index contributed by atoms with van der Waals surface area (Å²) in [4.78, 5) is 17.9. The molecule has 40 heavy (non-hydrogen) atoms. The highest BCUT2D eigenvalue weighted by Crippen LogP contribution is 2.36. The van der Waals surface area contributed by atoms with Gasteiger partial charge in [0.2, 0.25) is 0 Å². The Morgan fingerprint density at radius 1 is 0.950 bits per heavy atom. The summed E-state index contributed by atoms with van der Waals surface area (Å²) in [5, 5.41) is 14.2. The van der Waals surface area contributed by atoms with Gasteiger partial charge in [-0.2, -0.15) is 5.11 Å². The first kappa shape index (κ1) is 26.2. The summed E-state index contributed by atoms with van der Waals surface area (Å²) in [7, 11) is 0. The number of halogens is 4. The van der Waals surface area contributed by atoms with Gasteiger partial charge < -0.3 is 9.88 Å². The van der Waals surface area contributed by atoms with Gasteiger partial charge in [0.25, 0.3) is 5.91 Å². The van der Waals surface area contributed by atoms with Crippen molar-refractivity contribution in [2.45, 2.75) is 38.6 Å². The molecule has 0 bridgehead atoms. The molecule has 7 nitrogen and oxygen atoms in total. The second kappa shape index (κ2) is 10.8. The number of carbonyl (C=O) groups excluding carboxylic acids is 1. The topological polar surface area (TPSA) is 84.0 Å². The van der Waals surface area contributed by atoms with Crippen LogP contribution < -0.4 is 5.32 Å². The van der Waals surface area contributed by atoms with Crippen LogP contribution in [0.1, 0.15) is 48.0 Å². The molecule has 0 saturated heterocycles. The summed E-state index contributed by atoms with van der Waals surface area (Å²) in [5.41, 5.74) is 2.32. The monoisotopic (exact) mass is 564 g/mol. The molecule has 1 fully saturated rings. The van der Waals surface area contributed by atoms with Gasteiger partial charge in [0.05, 0.1) is 22.4 Å². The molecule has 3 aromatic carbocycles. The Hall–Kier alpha value is -4.05. The minimum atomic E-state index is -0.984. The van der Waals surface area contributed by atoms with Crippen LogP contribution >= 0.6 is 11.6 Å². The van der Waals surface area contributed by atoms with E-state index < -0.39 is 23.4 Å². The van der Waals surface area contributed by atoms with Crippen LogP contribution in [0.4, 0.5) is 18.9 Å². The average Bonchev–Trinajstić information content (AvgIpc) is 3.59. The molecular formula is C29H24ClF3N6O. The van der Waals surface area contributed by atoms with Crippen LogP contribution in [-0.4, -0.2) is 27.7 Å². The fourth-order valence-corrected chi connectivity index (χ4v) is 5.57. The molecule has 1 aliphatic heterocycles. The van der Waals surface area contributed by atoms with Crippen molar-refractivity contribution >= 4 is 39.9 Å². The van der Waals surface area contributed by atoms with Gasteiger partial charge >= 0.3 is 0 Å². The van der Waals surface area contributed by atoms with Crippen molar-refractivity contribution in [3.8, 4) is 11.4 Å². The average molecular weight is 565 g/mol. The van der Waals surface area contributed by atoms with Gasteiger partial charge in [-0.25, -0.2) is 18.2 Å². The number of carbonyl (C=O) groups is 1. The zero-order chi connectivity index (χ0) is 27.8. The van der Waals surface area contributed by atoms with Crippen molar-refractivity contribution in [3.05, 3.63) is 82.1 Å². The second-order valence-electron chi connectivity index (χ2n) is 10.1. The number of aromatic nitrogens is 2. The van der Waals surface area contributed by atoms with E-state index in [9.17, 15) is 18.0 Å². The fraction of sp³-hybridized carbons (Fsp3) is 0.276. The molecular weight excluding hydrogens is 541 g/mol. The SMILES string of the molecule is O=C(Nc1cc(Cl)ccc1-c1nc2cc(F)c(F)cc2n1CC1CCCCC1)c1ccc(C2=NN=NC2)c(F)c1. The first-order chi connectivity index (χ1) is 19.4. The van der Waals surface area contributed by atoms with Crippen LogP contribution in [0.25, 0.3) is 22.4 Å². The van der Waals surface area contributed by atoms with Crippen LogP contribution in [0.5, 0.6) is 0 Å². The van der Waals surface area contributed by atoms with E-state index in [1.165, 1.54) is 18.6 Å². The molecule has 2 aliphatic rings. The minimum Gasteiger partial charge on any atom is -0.324 e. The number of rotatable bonds is 6. The Bertz CT molecular complexity index is 1690. The molecule has 204 valence electrons. The number of anilines is 1. The summed E-state index contributed by atoms with van der Waals surface area (Å²) in [6, 6.07) is 11.3. The third kappa shape index (κ3) is 5.11. The van der Waals surface area contributed by atoms with Gasteiger partial charge in [-0.15, -0.1) is 5.10 Å². The molecule has 1 aliphatic carbocycles. The molecule has 1 saturated carbocycles. The lowest BCUT2D eigenvalue weighted by molar-refractivity contribution is 0.102. The number of nitrogens with one attached hydrogen (secondary N) is 1. The van der Waals surface area contributed by atoms with E-state index in [0.29, 0.717) is 51.3 Å². The van der Waals surface area contributed by atoms with Crippen LogP contribution in [-0.2, 0) is 6.54 Å². The third-order valence-corrected chi connectivity index (χ3v) is 7.65. The van der Waals surface area contributed by atoms with E-state index in [-0.39, 0.29) is 17.7 Å². The molecule has 1 aromatic heterocycles. The van der Waals surface area contributed by atoms with Gasteiger partial charge in [-0.1, -0.05) is 30.9 Å². The largest absolute Gasteiger partial charge is 0.324 e. The predicted molar refractivity (Wildman–Crippen MR) is 147 cm³/mol. The number of imidazole rings is 1. The lowest BCUT2D eigenvalue weighted by Gasteiger charge is -2.23. The zero-order valence-electron chi connectivity index (χ0n) is 21.3. The highest BCUT2D eigenvalue weighted by Gasteiger charge is 2.23. The first-order valence-electron chi connectivity index (χ1n) is 13.1. The van der Waals surface area contributed by atoms with E-state index in [1.54, 1.807) is 18.2 Å². The number of benzene rings is 3. The number of hydrogen-bond acceptors (Lipinski definition) is 5. The molecule has 0 atom stereocenters. The predicted octanol–water partition coefficient (Wildman–Crippen LogP) is 7.78. The maximum Gasteiger partial charge on any atom is 0.255 e. The van der Waals surface area contributed by atoms with Gasteiger partial charge in [-0.3, -0.25) is 4.79 Å². The van der Waals surface area contributed by atoms with Gasteiger partial charge in [0.1, 0.15) is 18.2 Å². The maximum atomic E-state index is 14.8. The van der Waals surface area contributed by atoms with E-state index in [4.69, 9.17) is 11.6 Å². The fourth-order valence-electron chi connectivity index (χ4n) is 5.39. The van der Waals surface area contributed by atoms with E-state index >= 15 is 0 Å². The Morgan fingerprint density at radius 2 is 1.73 bits per heavy atom. The van der Waals surface area contributed by atoms with Crippen LogP contribution in [0.2, 0.25) is 5.02 Å². The molecule has 6 rings (SSSR count). The summed E-state index contributed by atoms with van der Waals surface area (Å²) in [5.74, 6) is -2.32. The highest BCUT2D eigenvalue weighted by atomic mass is 35.5. The lowest BCUT2D eigenvalue weighted by atomic mass is 9.89. The molecule has 1 N–H and O–H groups in total. The summed E-state index contributed by atoms with van der Waals surface area (Å²) >= 11 is 6.30. The minimum absolute atomic E-state index is 0.0829. The Balaban J connectivity index is 1.38. The summed E-state index contributed by atoms with van der Waals surface area (Å²) in [6.07, 6.45) is 5.47. The van der Waals surface area contributed by atoms with Crippen molar-refractivity contribution in [3.63, 3.8) is 0 Å². The third-order valence-electron chi connectivity index (χ3n) is 7.42. The molecule has 0 spiro atoms. The molecule has 2 heterocycles. The molecule has 0 radical (unpaired) electrons. The number of fused-ring (bicyclic) bond motifs is 1. The Kier molecular flexibility index (Phi) is 7.10. The van der Waals surface area contributed by atoms with E-state index in [2.05, 4.69) is 25.7 Å². The number of amides is 1. The molecule has 0 unspecified atom stereocenters. The smallest absolute Gasteiger partial charge is 0.255 e. The van der Waals surface area contributed by atoms with Crippen molar-refractivity contribution in [1.82, 2.24) is 9.55 Å². The van der Waals surface area contributed by atoms with Crippen molar-refractivity contribution in [2.24, 2.45) is 21.4 Å². The number of nitrogens with zero attached hydrogens (tertiary/aromatic N) is 5. The standard InChI is InChI=1S/C29H24ClF3N6O/c30-18-7-9-20(24(11-18)36-29(40)17-6-8-19(21(31)10-17)26-14-34-38-37-26)28-35-25-12-22(32)23(33)13-27(25)39(28)15-16-4-2-1-3-5-16/h6-13,16H,1-5,14-15H2,(H,36,40). The Labute approximate surface area is 232 Å². The van der Waals surface area contributed by atoms with Crippen molar-refractivity contribution < 1.29 is 18.0 Å². The van der Waals surface area contributed by atoms with E-state index in [0.717, 1.165) is 43.9 Å². The zero-order valence-corrected chi connectivity index (χ0v) is 22.1. The van der Waals surface area contributed by atoms with Gasteiger partial charge in [0.15, 0.2) is 11.6 Å². The molecule has 4 aromatic rings. The lowest BCUT2D eigenvalue weighted by Crippen LogP contribution is -2.16. The number of hydrogen-bond donors (Lipinski definition) is 1. The first-order valence-corrected chi connectivity index (χ1v) is 13.4. The van der Waals surface area contributed by atoms with Gasteiger partial charge in [-0.05, 0) is 60.4 Å². The quantitative estimate of drug-likeness (QED) is 0.259. The van der Waals surface area contributed by atoms with Crippen LogP contribution in [0, 0.1) is 23.4 Å². The van der Waals surface area contributed by atoms with Crippen molar-refractivity contribution in [2.75, 3.05) is 11.9 Å². The second-order valence-corrected chi connectivity index (χ2v) is 10.5. The van der Waals surface area contributed by atoms with Gasteiger partial charge in [0, 0.05) is 40.4 Å². The highest BCUT2D eigenvalue weighted by molar-refractivity contribution is 6.31. The van der Waals surface area contributed by atoms with E-state index in [1.807, 2.05) is 4.57 Å². The summed E-state index contributed by atoms with van der Waals surface area (Å²) < 4.78 is 45.2. The molecule has 1 amide bonds. The van der Waals surface area contributed by atoms with Crippen LogP contribution in [0.3, 0.4) is 0 Å². The van der Waals surface area contributed by atoms with Crippen molar-refractivity contribution in [1.29, 1.82) is 0 Å².